The molecule has 3 aromatic heterocycles. The average molecular weight is 369 g/mol. The van der Waals surface area contributed by atoms with Crippen molar-refractivity contribution >= 4 is 56.8 Å². The van der Waals surface area contributed by atoms with Gasteiger partial charge in [0, 0.05) is 16.3 Å². The molecule has 0 fully saturated rings. The zero-order chi connectivity index (χ0) is 15.4. The Hall–Kier alpha value is -1.29. The number of hydrogen-bond donors (Lipinski definition) is 1. The Balaban J connectivity index is 1.59. The molecule has 0 bridgehead atoms. The average Bonchev–Trinajstić information content (AvgIpc) is 3.20. The molecule has 0 aromatic carbocycles. The van der Waals surface area contributed by atoms with Gasteiger partial charge in [0.05, 0.1) is 12.1 Å². The first-order valence-corrected chi connectivity index (χ1v) is 10.1. The lowest BCUT2D eigenvalue weighted by Gasteiger charge is -1.98. The molecule has 0 aliphatic carbocycles. The minimum Gasteiger partial charge on any atom is -0.300 e. The Labute approximate surface area is 143 Å². The predicted octanol–water partition coefficient (Wildman–Crippen LogP) is 4.02. The van der Waals surface area contributed by atoms with E-state index in [4.69, 9.17) is 0 Å². The quantitative estimate of drug-likeness (QED) is 0.526. The minimum absolute atomic E-state index is 0.119. The molecule has 9 heteroatoms. The van der Waals surface area contributed by atoms with Crippen LogP contribution in [-0.4, -0.2) is 26.8 Å². The van der Waals surface area contributed by atoms with E-state index in [0.717, 1.165) is 26.4 Å². The van der Waals surface area contributed by atoms with E-state index in [-0.39, 0.29) is 12.3 Å². The number of thiazole rings is 1. The Morgan fingerprint density at radius 2 is 2.27 bits per heavy atom. The highest BCUT2D eigenvalue weighted by Crippen LogP contribution is 2.27. The molecule has 3 heterocycles. The summed E-state index contributed by atoms with van der Waals surface area (Å²) in [6.45, 7) is 2.05. The molecule has 22 heavy (non-hydrogen) atoms. The molecular weight excluding hydrogens is 356 g/mol. The van der Waals surface area contributed by atoms with E-state index >= 15 is 0 Å². The molecular formula is C13H12N4OS4. The van der Waals surface area contributed by atoms with Crippen LogP contribution in [0, 0.1) is 0 Å². The third-order valence-electron chi connectivity index (χ3n) is 2.58. The fraction of sp³-hybridized carbons (Fsp3) is 0.231. The lowest BCUT2D eigenvalue weighted by molar-refractivity contribution is -0.115. The summed E-state index contributed by atoms with van der Waals surface area (Å²) in [7, 11) is 0. The molecule has 114 valence electrons. The van der Waals surface area contributed by atoms with Crippen LogP contribution in [0.25, 0.3) is 10.6 Å². The van der Waals surface area contributed by atoms with Crippen LogP contribution in [0.4, 0.5) is 5.13 Å². The number of carbonyl (C=O) groups excluding carboxylic acids is 1. The summed E-state index contributed by atoms with van der Waals surface area (Å²) in [5.74, 6) is 0.818. The van der Waals surface area contributed by atoms with Gasteiger partial charge in [-0.2, -0.15) is 11.3 Å². The molecule has 0 atom stereocenters. The first kappa shape index (κ1) is 15.6. The highest BCUT2D eigenvalue weighted by Gasteiger charge is 2.12. The zero-order valence-corrected chi connectivity index (χ0v) is 14.9. The van der Waals surface area contributed by atoms with Crippen molar-refractivity contribution in [2.24, 2.45) is 0 Å². The van der Waals surface area contributed by atoms with Gasteiger partial charge in [0.15, 0.2) is 4.34 Å². The van der Waals surface area contributed by atoms with E-state index in [0.29, 0.717) is 5.13 Å². The number of hydrogen-bond acceptors (Lipinski definition) is 8. The van der Waals surface area contributed by atoms with E-state index in [1.807, 2.05) is 16.8 Å². The lowest BCUT2D eigenvalue weighted by Crippen LogP contribution is -2.14. The number of anilines is 1. The number of amides is 1. The molecule has 1 N–H and O–H groups in total. The summed E-state index contributed by atoms with van der Waals surface area (Å²) in [5.41, 5.74) is 1.88. The van der Waals surface area contributed by atoms with Gasteiger partial charge >= 0.3 is 0 Å². The molecule has 1 amide bonds. The largest absolute Gasteiger partial charge is 0.300 e. The molecule has 0 unspecified atom stereocenters. The van der Waals surface area contributed by atoms with Crippen molar-refractivity contribution in [2.45, 2.75) is 17.7 Å². The monoisotopic (exact) mass is 368 g/mol. The zero-order valence-electron chi connectivity index (χ0n) is 11.6. The fourth-order valence-electron chi connectivity index (χ4n) is 1.68. The number of thiophene rings is 1. The van der Waals surface area contributed by atoms with E-state index in [1.54, 1.807) is 34.4 Å². The van der Waals surface area contributed by atoms with Crippen molar-refractivity contribution in [1.82, 2.24) is 15.2 Å². The Morgan fingerprint density at radius 1 is 1.36 bits per heavy atom. The van der Waals surface area contributed by atoms with Crippen molar-refractivity contribution in [3.05, 3.63) is 27.9 Å². The third kappa shape index (κ3) is 3.92. The number of carbonyl (C=O) groups is 1. The van der Waals surface area contributed by atoms with Crippen molar-refractivity contribution in [1.29, 1.82) is 0 Å². The SMILES string of the molecule is CCSc1nnc(NC(=O)Cc2csc(-c3ccsc3)n2)s1. The summed E-state index contributed by atoms with van der Waals surface area (Å²) < 4.78 is 0.867. The van der Waals surface area contributed by atoms with Gasteiger partial charge in [-0.25, -0.2) is 4.98 Å². The fourth-order valence-corrected chi connectivity index (χ4v) is 4.87. The maximum Gasteiger partial charge on any atom is 0.232 e. The second-order valence-electron chi connectivity index (χ2n) is 4.19. The number of nitrogens with zero attached hydrogens (tertiary/aromatic N) is 3. The van der Waals surface area contributed by atoms with Crippen LogP contribution < -0.4 is 5.32 Å². The van der Waals surface area contributed by atoms with Gasteiger partial charge < -0.3 is 5.32 Å². The first-order chi connectivity index (χ1) is 10.7. The number of nitrogens with one attached hydrogen (secondary N) is 1. The van der Waals surface area contributed by atoms with Crippen molar-refractivity contribution in [2.75, 3.05) is 11.1 Å². The normalized spacial score (nSPS) is 10.8. The van der Waals surface area contributed by atoms with Gasteiger partial charge in [-0.1, -0.05) is 30.0 Å². The van der Waals surface area contributed by atoms with E-state index in [1.165, 1.54) is 11.3 Å². The topological polar surface area (TPSA) is 67.8 Å². The molecule has 0 aliphatic rings. The van der Waals surface area contributed by atoms with E-state index in [9.17, 15) is 4.79 Å². The highest BCUT2D eigenvalue weighted by atomic mass is 32.2. The molecule has 0 saturated carbocycles. The van der Waals surface area contributed by atoms with Crippen molar-refractivity contribution in [3.63, 3.8) is 0 Å². The molecule has 0 radical (unpaired) electrons. The maximum atomic E-state index is 12.0. The van der Waals surface area contributed by atoms with Crippen LogP contribution in [0.15, 0.2) is 26.5 Å². The summed E-state index contributed by atoms with van der Waals surface area (Å²) in [5, 5.41) is 18.2. The lowest BCUT2D eigenvalue weighted by atomic mass is 10.3. The molecule has 0 aliphatic heterocycles. The molecule has 3 rings (SSSR count). The van der Waals surface area contributed by atoms with Gasteiger partial charge in [-0.15, -0.1) is 21.5 Å². The Kier molecular flexibility index (Phi) is 5.19. The summed E-state index contributed by atoms with van der Waals surface area (Å²) in [6.07, 6.45) is 0.246. The van der Waals surface area contributed by atoms with Crippen LogP contribution in [0.1, 0.15) is 12.6 Å². The Morgan fingerprint density at radius 3 is 3.05 bits per heavy atom. The van der Waals surface area contributed by atoms with Crippen molar-refractivity contribution in [3.8, 4) is 10.6 Å². The predicted molar refractivity (Wildman–Crippen MR) is 94.1 cm³/mol. The third-order valence-corrected chi connectivity index (χ3v) is 6.06. The van der Waals surface area contributed by atoms with Crippen LogP contribution in [0.3, 0.4) is 0 Å². The van der Waals surface area contributed by atoms with Crippen LogP contribution in [0.2, 0.25) is 0 Å². The summed E-state index contributed by atoms with van der Waals surface area (Å²) in [6, 6.07) is 2.03. The number of aromatic nitrogens is 3. The van der Waals surface area contributed by atoms with Crippen LogP contribution in [0.5, 0.6) is 0 Å². The number of rotatable bonds is 6. The van der Waals surface area contributed by atoms with Gasteiger partial charge in [-0.05, 0) is 17.2 Å². The van der Waals surface area contributed by atoms with Crippen LogP contribution in [-0.2, 0) is 11.2 Å². The summed E-state index contributed by atoms with van der Waals surface area (Å²) in [4.78, 5) is 16.5. The second-order valence-corrected chi connectivity index (χ2v) is 8.31. The molecule has 3 aromatic rings. The van der Waals surface area contributed by atoms with E-state index in [2.05, 4.69) is 32.8 Å². The number of thioether (sulfide) groups is 1. The standard InChI is InChI=1S/C13H12N4OS4/c1-2-20-13-17-16-12(22-13)15-10(18)5-9-7-21-11(14-9)8-3-4-19-6-8/h3-4,6-7H,2,5H2,1H3,(H,15,16,18). The highest BCUT2D eigenvalue weighted by molar-refractivity contribution is 8.01. The molecule has 0 saturated heterocycles. The maximum absolute atomic E-state index is 12.0. The molecule has 5 nitrogen and oxygen atoms in total. The Bertz CT molecular complexity index is 750. The van der Waals surface area contributed by atoms with Crippen LogP contribution >= 0.6 is 45.8 Å². The van der Waals surface area contributed by atoms with Gasteiger partial charge in [0.2, 0.25) is 11.0 Å². The minimum atomic E-state index is -0.119. The molecule has 0 spiro atoms. The van der Waals surface area contributed by atoms with Gasteiger partial charge in [0.25, 0.3) is 0 Å². The van der Waals surface area contributed by atoms with Gasteiger partial charge in [-0.3, -0.25) is 4.79 Å². The summed E-state index contributed by atoms with van der Waals surface area (Å²) >= 11 is 6.20. The smallest absolute Gasteiger partial charge is 0.232 e. The van der Waals surface area contributed by atoms with E-state index < -0.39 is 0 Å². The van der Waals surface area contributed by atoms with Crippen molar-refractivity contribution < 1.29 is 4.79 Å². The first-order valence-electron chi connectivity index (χ1n) is 6.47. The van der Waals surface area contributed by atoms with Gasteiger partial charge in [0.1, 0.15) is 5.01 Å². The second kappa shape index (κ2) is 7.32.